The number of aromatic amines is 1. The molecule has 2 aromatic rings. The van der Waals surface area contributed by atoms with Crippen molar-refractivity contribution in [3.8, 4) is 0 Å². The van der Waals surface area contributed by atoms with Crippen molar-refractivity contribution in [2.24, 2.45) is 5.92 Å². The van der Waals surface area contributed by atoms with E-state index in [1.54, 1.807) is 26.8 Å². The molecule has 1 aromatic carbocycles. The van der Waals surface area contributed by atoms with Gasteiger partial charge < -0.3 is 20.4 Å². The molecule has 0 aliphatic heterocycles. The molecule has 2 rings (SSSR count). The van der Waals surface area contributed by atoms with Gasteiger partial charge in [-0.05, 0) is 44.2 Å². The molecular formula is C21H29N3O4. The molecule has 7 heteroatoms. The molecule has 0 bridgehead atoms. The molecule has 0 saturated carbocycles. The smallest absolute Gasteiger partial charge is 0.408 e. The van der Waals surface area contributed by atoms with Crippen LogP contribution in [0.15, 0.2) is 35.1 Å². The zero-order valence-corrected chi connectivity index (χ0v) is 17.1. The number of rotatable bonds is 6. The topological polar surface area (TPSA) is 100 Å². The first-order chi connectivity index (χ1) is 13.1. The van der Waals surface area contributed by atoms with Gasteiger partial charge in [0.05, 0.1) is 0 Å². The van der Waals surface area contributed by atoms with E-state index in [0.717, 1.165) is 10.9 Å². The Kier molecular flexibility index (Phi) is 6.83. The third-order valence-corrected chi connectivity index (χ3v) is 4.45. The summed E-state index contributed by atoms with van der Waals surface area (Å²) in [5.74, 6) is -0.449. The Labute approximate surface area is 164 Å². The molecule has 7 nitrogen and oxygen atoms in total. The minimum atomic E-state index is -0.751. The van der Waals surface area contributed by atoms with E-state index in [2.05, 4.69) is 15.6 Å². The van der Waals surface area contributed by atoms with Crippen LogP contribution in [0.25, 0.3) is 10.9 Å². The zero-order valence-electron chi connectivity index (χ0n) is 17.1. The number of nitrogens with one attached hydrogen (secondary N) is 3. The maximum Gasteiger partial charge on any atom is 0.408 e. The molecule has 28 heavy (non-hydrogen) atoms. The van der Waals surface area contributed by atoms with E-state index >= 15 is 0 Å². The van der Waals surface area contributed by atoms with Gasteiger partial charge in [0.25, 0.3) is 5.56 Å². The third-order valence-electron chi connectivity index (χ3n) is 4.45. The maximum atomic E-state index is 12.7. The molecule has 2 atom stereocenters. The average molecular weight is 387 g/mol. The van der Waals surface area contributed by atoms with E-state index in [0.29, 0.717) is 12.0 Å². The van der Waals surface area contributed by atoms with Gasteiger partial charge in [0.1, 0.15) is 11.6 Å². The molecule has 0 spiro atoms. The molecule has 1 aromatic heterocycles. The molecule has 1 heterocycles. The minimum Gasteiger partial charge on any atom is -0.444 e. The summed E-state index contributed by atoms with van der Waals surface area (Å²) in [5.41, 5.74) is 0.289. The lowest BCUT2D eigenvalue weighted by Gasteiger charge is -2.26. The van der Waals surface area contributed by atoms with Gasteiger partial charge in [-0.3, -0.25) is 9.59 Å². The van der Waals surface area contributed by atoms with E-state index in [4.69, 9.17) is 4.74 Å². The highest BCUT2D eigenvalue weighted by molar-refractivity contribution is 5.86. The highest BCUT2D eigenvalue weighted by Gasteiger charge is 2.28. The number of aromatic nitrogens is 1. The van der Waals surface area contributed by atoms with Crippen LogP contribution in [-0.2, 0) is 16.1 Å². The van der Waals surface area contributed by atoms with Crippen LogP contribution in [0.4, 0.5) is 4.79 Å². The Morgan fingerprint density at radius 3 is 2.54 bits per heavy atom. The first kappa shape index (κ1) is 21.5. The minimum absolute atomic E-state index is 0.0714. The fraction of sp³-hybridized carbons (Fsp3) is 0.476. The predicted octanol–water partition coefficient (Wildman–Crippen LogP) is 3.08. The van der Waals surface area contributed by atoms with Gasteiger partial charge in [0, 0.05) is 17.6 Å². The Morgan fingerprint density at radius 2 is 1.89 bits per heavy atom. The molecular weight excluding hydrogens is 358 g/mol. The summed E-state index contributed by atoms with van der Waals surface area (Å²) in [6, 6.07) is 8.45. The quantitative estimate of drug-likeness (QED) is 0.709. The number of fused-ring (bicyclic) bond motifs is 1. The van der Waals surface area contributed by atoms with Crippen LogP contribution in [0.2, 0.25) is 0 Å². The van der Waals surface area contributed by atoms with Crippen LogP contribution in [0.1, 0.15) is 46.6 Å². The first-order valence-electron chi connectivity index (χ1n) is 9.49. The van der Waals surface area contributed by atoms with Crippen LogP contribution in [-0.4, -0.2) is 28.6 Å². The van der Waals surface area contributed by atoms with Crippen molar-refractivity contribution in [1.29, 1.82) is 0 Å². The van der Waals surface area contributed by atoms with Crippen LogP contribution in [0, 0.1) is 5.92 Å². The molecule has 2 amide bonds. The zero-order chi connectivity index (χ0) is 20.9. The van der Waals surface area contributed by atoms with Gasteiger partial charge in [-0.25, -0.2) is 4.79 Å². The van der Waals surface area contributed by atoms with E-state index in [1.807, 2.05) is 38.1 Å². The number of alkyl carbamates (subject to hydrolysis) is 1. The lowest BCUT2D eigenvalue weighted by Crippen LogP contribution is -2.51. The number of hydrogen-bond donors (Lipinski definition) is 3. The average Bonchev–Trinajstić information content (AvgIpc) is 2.62. The number of hydrogen-bond acceptors (Lipinski definition) is 4. The molecule has 0 aliphatic rings. The number of para-hydroxylation sites is 1. The number of carbonyl (C=O) groups is 2. The van der Waals surface area contributed by atoms with Crippen molar-refractivity contribution in [2.45, 2.75) is 59.2 Å². The van der Waals surface area contributed by atoms with E-state index in [1.165, 1.54) is 0 Å². The number of H-pyrrole nitrogens is 1. The van der Waals surface area contributed by atoms with Crippen LogP contribution in [0.3, 0.4) is 0 Å². The number of amides is 2. The first-order valence-corrected chi connectivity index (χ1v) is 9.49. The fourth-order valence-corrected chi connectivity index (χ4v) is 2.75. The standard InChI is InChI=1S/C21H29N3O4/c1-6-13(2)17(24-20(27)28-21(3,4)5)19(26)22-12-15-11-14-9-7-8-10-16(14)23-18(15)25/h7-11,13,17H,6,12H2,1-5H3,(H,22,26)(H,23,25)(H,24,27). The van der Waals surface area contributed by atoms with E-state index < -0.39 is 17.7 Å². The van der Waals surface area contributed by atoms with Gasteiger partial charge in [-0.1, -0.05) is 38.5 Å². The van der Waals surface area contributed by atoms with E-state index in [-0.39, 0.29) is 23.9 Å². The highest BCUT2D eigenvalue weighted by atomic mass is 16.6. The second-order valence-corrected chi connectivity index (χ2v) is 7.94. The molecule has 0 aliphatic carbocycles. The predicted molar refractivity (Wildman–Crippen MR) is 109 cm³/mol. The summed E-state index contributed by atoms with van der Waals surface area (Å²) >= 11 is 0. The van der Waals surface area contributed by atoms with Gasteiger partial charge in [-0.15, -0.1) is 0 Å². The van der Waals surface area contributed by atoms with Gasteiger partial charge in [0.15, 0.2) is 0 Å². The van der Waals surface area contributed by atoms with Crippen molar-refractivity contribution in [1.82, 2.24) is 15.6 Å². The van der Waals surface area contributed by atoms with Crippen LogP contribution < -0.4 is 16.2 Å². The molecule has 3 N–H and O–H groups in total. The third kappa shape index (κ3) is 5.84. The SMILES string of the molecule is CCC(C)C(NC(=O)OC(C)(C)C)C(=O)NCc1cc2ccccc2[nH]c1=O. The molecule has 0 fully saturated rings. The lowest BCUT2D eigenvalue weighted by atomic mass is 9.98. The lowest BCUT2D eigenvalue weighted by molar-refractivity contribution is -0.124. The summed E-state index contributed by atoms with van der Waals surface area (Å²) < 4.78 is 5.26. The summed E-state index contributed by atoms with van der Waals surface area (Å²) in [5, 5.41) is 6.29. The van der Waals surface area contributed by atoms with Crippen molar-refractivity contribution in [3.05, 3.63) is 46.2 Å². The van der Waals surface area contributed by atoms with Crippen molar-refractivity contribution < 1.29 is 14.3 Å². The van der Waals surface area contributed by atoms with Gasteiger partial charge >= 0.3 is 6.09 Å². The van der Waals surface area contributed by atoms with Crippen molar-refractivity contribution >= 4 is 22.9 Å². The largest absolute Gasteiger partial charge is 0.444 e. The van der Waals surface area contributed by atoms with Gasteiger partial charge in [-0.2, -0.15) is 0 Å². The number of ether oxygens (including phenoxy) is 1. The van der Waals surface area contributed by atoms with E-state index in [9.17, 15) is 14.4 Å². The second-order valence-electron chi connectivity index (χ2n) is 7.94. The van der Waals surface area contributed by atoms with Crippen molar-refractivity contribution in [2.75, 3.05) is 0 Å². The summed E-state index contributed by atoms with van der Waals surface area (Å²) in [6.07, 6.45) is 0.0567. The Hall–Kier alpha value is -2.83. The molecule has 0 saturated heterocycles. The number of carbonyl (C=O) groups excluding carboxylic acids is 2. The maximum absolute atomic E-state index is 12.7. The highest BCUT2D eigenvalue weighted by Crippen LogP contribution is 2.12. The fourth-order valence-electron chi connectivity index (χ4n) is 2.75. The van der Waals surface area contributed by atoms with Crippen LogP contribution in [0.5, 0.6) is 0 Å². The molecule has 2 unspecified atom stereocenters. The summed E-state index contributed by atoms with van der Waals surface area (Å²) in [6.45, 7) is 9.17. The Morgan fingerprint density at radius 1 is 1.21 bits per heavy atom. The second kappa shape index (κ2) is 8.91. The molecule has 0 radical (unpaired) electrons. The normalized spacial score (nSPS) is 13.6. The summed E-state index contributed by atoms with van der Waals surface area (Å²) in [7, 11) is 0. The number of benzene rings is 1. The molecule has 152 valence electrons. The van der Waals surface area contributed by atoms with Crippen LogP contribution >= 0.6 is 0 Å². The monoisotopic (exact) mass is 387 g/mol. The number of pyridine rings is 1. The van der Waals surface area contributed by atoms with Gasteiger partial charge in [0.2, 0.25) is 5.91 Å². The Balaban J connectivity index is 2.10. The Bertz CT molecular complexity index is 898. The van der Waals surface area contributed by atoms with Crippen molar-refractivity contribution in [3.63, 3.8) is 0 Å². The summed E-state index contributed by atoms with van der Waals surface area (Å²) in [4.78, 5) is 39.8.